The molecule has 0 aliphatic carbocycles. The van der Waals surface area contributed by atoms with Crippen LogP contribution in [0.15, 0.2) is 0 Å². The Kier molecular flexibility index (Phi) is 4.56. The first-order valence-corrected chi connectivity index (χ1v) is 6.22. The maximum absolute atomic E-state index is 12.2. The molecule has 0 aromatic rings. The molecule has 104 valence electrons. The largest absolute Gasteiger partial charge is 0.480 e. The van der Waals surface area contributed by atoms with Crippen LogP contribution in [0.25, 0.3) is 0 Å². The van der Waals surface area contributed by atoms with Crippen LogP contribution in [0.4, 0.5) is 4.79 Å². The molecule has 3 unspecified atom stereocenters. The van der Waals surface area contributed by atoms with Crippen LogP contribution in [0.2, 0.25) is 0 Å². The van der Waals surface area contributed by atoms with Crippen LogP contribution in [0.1, 0.15) is 20.8 Å². The number of carbonyl (C=O) groups is 2. The van der Waals surface area contributed by atoms with E-state index in [0.717, 1.165) is 0 Å². The van der Waals surface area contributed by atoms with Crippen molar-refractivity contribution >= 4 is 12.0 Å². The van der Waals surface area contributed by atoms with Gasteiger partial charge in [-0.25, -0.2) is 9.59 Å². The molecule has 1 saturated heterocycles. The van der Waals surface area contributed by atoms with Gasteiger partial charge in [0, 0.05) is 32.2 Å². The molecular weight excluding hydrogens is 234 g/mol. The van der Waals surface area contributed by atoms with Gasteiger partial charge in [-0.1, -0.05) is 0 Å². The zero-order valence-electron chi connectivity index (χ0n) is 11.8. The molecule has 1 aliphatic rings. The summed E-state index contributed by atoms with van der Waals surface area (Å²) in [5.74, 6) is -0.985. The number of piperazine rings is 1. The molecule has 1 N–H and O–H groups in total. The average Bonchev–Trinajstić information content (AvgIpc) is 2.32. The molecule has 0 aromatic heterocycles. The second kappa shape index (κ2) is 5.56. The molecule has 6 nitrogen and oxygen atoms in total. The maximum atomic E-state index is 12.2. The Bertz CT molecular complexity index is 323. The third-order valence-electron chi connectivity index (χ3n) is 3.87. The Morgan fingerprint density at radius 3 is 2.11 bits per heavy atom. The molecule has 1 rings (SSSR count). The second-order valence-electron chi connectivity index (χ2n) is 5.18. The number of likely N-dealkylation sites (N-methyl/N-ethyl adjacent to an activating group) is 2. The van der Waals surface area contributed by atoms with Crippen molar-refractivity contribution in [2.45, 2.75) is 38.9 Å². The van der Waals surface area contributed by atoms with E-state index in [-0.39, 0.29) is 18.1 Å². The summed E-state index contributed by atoms with van der Waals surface area (Å²) in [5.41, 5.74) is 0. The number of carboxylic acid groups (broad SMARTS) is 1. The molecule has 1 fully saturated rings. The van der Waals surface area contributed by atoms with E-state index in [1.165, 1.54) is 18.9 Å². The predicted molar refractivity (Wildman–Crippen MR) is 68.5 cm³/mol. The Balaban J connectivity index is 2.70. The Labute approximate surface area is 108 Å². The van der Waals surface area contributed by atoms with Crippen LogP contribution in [-0.4, -0.2) is 77.1 Å². The average molecular weight is 257 g/mol. The number of carboxylic acids is 1. The number of carbonyl (C=O) groups excluding carboxylic acids is 1. The van der Waals surface area contributed by atoms with E-state index in [4.69, 9.17) is 5.11 Å². The highest BCUT2D eigenvalue weighted by molar-refractivity contribution is 5.82. The van der Waals surface area contributed by atoms with Gasteiger partial charge in [0.05, 0.1) is 0 Å². The van der Waals surface area contributed by atoms with Gasteiger partial charge in [-0.15, -0.1) is 0 Å². The van der Waals surface area contributed by atoms with E-state index in [1.807, 2.05) is 7.05 Å². The Morgan fingerprint density at radius 1 is 1.28 bits per heavy atom. The van der Waals surface area contributed by atoms with Crippen molar-refractivity contribution in [3.05, 3.63) is 0 Å². The van der Waals surface area contributed by atoms with Gasteiger partial charge in [-0.05, 0) is 27.8 Å². The van der Waals surface area contributed by atoms with Crippen molar-refractivity contribution in [2.75, 3.05) is 27.2 Å². The fraction of sp³-hybridized carbons (Fsp3) is 0.833. The van der Waals surface area contributed by atoms with E-state index in [9.17, 15) is 9.59 Å². The molecule has 0 bridgehead atoms. The molecule has 18 heavy (non-hydrogen) atoms. The van der Waals surface area contributed by atoms with Crippen molar-refractivity contribution < 1.29 is 14.7 Å². The zero-order valence-corrected chi connectivity index (χ0v) is 11.8. The van der Waals surface area contributed by atoms with Crippen LogP contribution in [0.5, 0.6) is 0 Å². The minimum Gasteiger partial charge on any atom is -0.480 e. The fourth-order valence-corrected chi connectivity index (χ4v) is 2.12. The molecule has 3 atom stereocenters. The van der Waals surface area contributed by atoms with Gasteiger partial charge in [0.25, 0.3) is 0 Å². The Morgan fingerprint density at radius 2 is 1.72 bits per heavy atom. The molecule has 6 heteroatoms. The van der Waals surface area contributed by atoms with Crippen molar-refractivity contribution in [1.82, 2.24) is 14.7 Å². The first kappa shape index (κ1) is 14.8. The third kappa shape index (κ3) is 2.93. The van der Waals surface area contributed by atoms with Crippen LogP contribution in [0.3, 0.4) is 0 Å². The van der Waals surface area contributed by atoms with Crippen molar-refractivity contribution in [2.24, 2.45) is 0 Å². The molecular formula is C12H23N3O3. The van der Waals surface area contributed by atoms with Crippen molar-refractivity contribution in [3.63, 3.8) is 0 Å². The Hall–Kier alpha value is -1.30. The lowest BCUT2D eigenvalue weighted by molar-refractivity contribution is -0.141. The molecule has 1 aliphatic heterocycles. The molecule has 2 amide bonds. The number of hydrogen-bond acceptors (Lipinski definition) is 3. The van der Waals surface area contributed by atoms with E-state index in [0.29, 0.717) is 13.1 Å². The summed E-state index contributed by atoms with van der Waals surface area (Å²) >= 11 is 0. The predicted octanol–water partition coefficient (Wildman–Crippen LogP) is 0.536. The summed E-state index contributed by atoms with van der Waals surface area (Å²) in [6.07, 6.45) is 0. The summed E-state index contributed by atoms with van der Waals surface area (Å²) in [5, 5.41) is 8.93. The number of aliphatic carboxylic acids is 1. The van der Waals surface area contributed by atoms with Gasteiger partial charge in [-0.3, -0.25) is 4.90 Å². The monoisotopic (exact) mass is 257 g/mol. The SMILES string of the molecule is CC(C(=O)O)N(C)C(=O)N1CC(C)N(C)C(C)C1. The number of rotatable bonds is 2. The van der Waals surface area contributed by atoms with Crippen LogP contribution >= 0.6 is 0 Å². The summed E-state index contributed by atoms with van der Waals surface area (Å²) in [7, 11) is 3.58. The van der Waals surface area contributed by atoms with Gasteiger partial charge < -0.3 is 14.9 Å². The summed E-state index contributed by atoms with van der Waals surface area (Å²) < 4.78 is 0. The van der Waals surface area contributed by atoms with E-state index in [2.05, 4.69) is 18.7 Å². The highest BCUT2D eigenvalue weighted by atomic mass is 16.4. The summed E-state index contributed by atoms with van der Waals surface area (Å²) in [6.45, 7) is 6.92. The van der Waals surface area contributed by atoms with Crippen LogP contribution in [0, 0.1) is 0 Å². The minimum atomic E-state index is -0.985. The lowest BCUT2D eigenvalue weighted by Crippen LogP contribution is -2.59. The standard InChI is InChI=1S/C12H23N3O3/c1-8-6-15(7-9(2)13(8)4)12(18)14(5)10(3)11(16)17/h8-10H,6-7H2,1-5H3,(H,16,17). The highest BCUT2D eigenvalue weighted by Gasteiger charge is 2.33. The lowest BCUT2D eigenvalue weighted by atomic mass is 10.1. The number of amides is 2. The normalized spacial score (nSPS) is 26.8. The van der Waals surface area contributed by atoms with Crippen LogP contribution < -0.4 is 0 Å². The van der Waals surface area contributed by atoms with Crippen LogP contribution in [-0.2, 0) is 4.79 Å². The molecule has 0 spiro atoms. The molecule has 0 saturated carbocycles. The molecule has 0 radical (unpaired) electrons. The number of hydrogen-bond donors (Lipinski definition) is 1. The van der Waals surface area contributed by atoms with Gasteiger partial charge in [-0.2, -0.15) is 0 Å². The minimum absolute atomic E-state index is 0.211. The fourth-order valence-electron chi connectivity index (χ4n) is 2.12. The molecule has 1 heterocycles. The zero-order chi connectivity index (χ0) is 14.0. The number of urea groups is 1. The number of nitrogens with zero attached hydrogens (tertiary/aromatic N) is 3. The van der Waals surface area contributed by atoms with Crippen molar-refractivity contribution in [1.29, 1.82) is 0 Å². The first-order chi connectivity index (χ1) is 8.25. The van der Waals surface area contributed by atoms with Gasteiger partial charge in [0.2, 0.25) is 0 Å². The highest BCUT2D eigenvalue weighted by Crippen LogP contribution is 2.15. The van der Waals surface area contributed by atoms with Gasteiger partial charge >= 0.3 is 12.0 Å². The first-order valence-electron chi connectivity index (χ1n) is 6.22. The van der Waals surface area contributed by atoms with E-state index in [1.54, 1.807) is 4.90 Å². The maximum Gasteiger partial charge on any atom is 0.326 e. The van der Waals surface area contributed by atoms with Gasteiger partial charge in [0.15, 0.2) is 0 Å². The van der Waals surface area contributed by atoms with E-state index < -0.39 is 12.0 Å². The third-order valence-corrected chi connectivity index (χ3v) is 3.87. The second-order valence-corrected chi connectivity index (χ2v) is 5.18. The topological polar surface area (TPSA) is 64.1 Å². The smallest absolute Gasteiger partial charge is 0.326 e. The summed E-state index contributed by atoms with van der Waals surface area (Å²) in [4.78, 5) is 28.3. The lowest BCUT2D eigenvalue weighted by Gasteiger charge is -2.43. The van der Waals surface area contributed by atoms with Crippen molar-refractivity contribution in [3.8, 4) is 0 Å². The quantitative estimate of drug-likeness (QED) is 0.784. The summed E-state index contributed by atoms with van der Waals surface area (Å²) in [6, 6.07) is -0.447. The van der Waals surface area contributed by atoms with E-state index >= 15 is 0 Å². The molecule has 0 aromatic carbocycles. The van der Waals surface area contributed by atoms with Gasteiger partial charge in [0.1, 0.15) is 6.04 Å².